The summed E-state index contributed by atoms with van der Waals surface area (Å²) in [5, 5.41) is 3.89. The molecule has 0 aliphatic carbocycles. The third-order valence-corrected chi connectivity index (χ3v) is 4.05. The molecule has 0 atom stereocenters. The Morgan fingerprint density at radius 3 is 2.75 bits per heavy atom. The quantitative estimate of drug-likeness (QED) is 0.576. The Morgan fingerprint density at radius 1 is 1.29 bits per heavy atom. The van der Waals surface area contributed by atoms with E-state index in [1.807, 2.05) is 6.92 Å². The molecule has 2 rings (SSSR count). The number of hydrogen-bond acceptors (Lipinski definition) is 6. The van der Waals surface area contributed by atoms with Gasteiger partial charge in [-0.15, -0.1) is 0 Å². The minimum Gasteiger partial charge on any atom is -0.493 e. The molecule has 0 saturated carbocycles. The summed E-state index contributed by atoms with van der Waals surface area (Å²) in [5.74, 6) is 1.34. The highest BCUT2D eigenvalue weighted by atomic mass is 19.3. The highest BCUT2D eigenvalue weighted by Gasteiger charge is 2.14. The van der Waals surface area contributed by atoms with Gasteiger partial charge in [0.2, 0.25) is 11.8 Å². The van der Waals surface area contributed by atoms with E-state index in [1.54, 1.807) is 24.1 Å². The fraction of sp³-hybridized carbons (Fsp3) is 0.526. The topological polar surface area (TPSA) is 77.7 Å². The van der Waals surface area contributed by atoms with E-state index in [2.05, 4.69) is 14.9 Å². The van der Waals surface area contributed by atoms with Crippen LogP contribution in [0.1, 0.15) is 43.5 Å². The molecule has 7 nitrogen and oxygen atoms in total. The van der Waals surface area contributed by atoms with E-state index in [0.717, 1.165) is 18.4 Å². The standard InChI is InChI=1S/C19H25F2N3O4/c1-4-6-16-22-17(28-23-16)7-5-8-18(25)24(2)12-13-9-10-14(27-19(20)21)15(11-13)26-3/h9-11,19H,4-8,12H2,1-3H3. The number of ether oxygens (including phenoxy) is 2. The van der Waals surface area contributed by atoms with Gasteiger partial charge in [0.15, 0.2) is 17.3 Å². The van der Waals surface area contributed by atoms with Crippen LogP contribution in [0.3, 0.4) is 0 Å². The molecule has 0 bridgehead atoms. The van der Waals surface area contributed by atoms with Gasteiger partial charge in [-0.25, -0.2) is 0 Å². The lowest BCUT2D eigenvalue weighted by Crippen LogP contribution is -2.26. The van der Waals surface area contributed by atoms with Gasteiger partial charge in [0.25, 0.3) is 0 Å². The molecule has 0 unspecified atom stereocenters. The number of benzene rings is 1. The summed E-state index contributed by atoms with van der Waals surface area (Å²) in [6, 6.07) is 4.61. The minimum atomic E-state index is -2.93. The maximum atomic E-state index is 12.4. The number of carbonyl (C=O) groups is 1. The number of alkyl halides is 2. The van der Waals surface area contributed by atoms with E-state index in [1.165, 1.54) is 13.2 Å². The Hall–Kier alpha value is -2.71. The maximum Gasteiger partial charge on any atom is 0.387 e. The number of methoxy groups -OCH3 is 1. The Morgan fingerprint density at radius 2 is 2.07 bits per heavy atom. The molecule has 2 aromatic rings. The van der Waals surface area contributed by atoms with Crippen molar-refractivity contribution in [3.63, 3.8) is 0 Å². The second kappa shape index (κ2) is 10.6. The summed E-state index contributed by atoms with van der Waals surface area (Å²) in [6.45, 7) is -0.564. The summed E-state index contributed by atoms with van der Waals surface area (Å²) in [7, 11) is 3.06. The lowest BCUT2D eigenvalue weighted by molar-refractivity contribution is -0.130. The molecule has 1 amide bonds. The number of rotatable bonds is 11. The average Bonchev–Trinajstić information content (AvgIpc) is 3.10. The second-order valence-corrected chi connectivity index (χ2v) is 6.32. The first-order valence-corrected chi connectivity index (χ1v) is 9.10. The van der Waals surface area contributed by atoms with Crippen LogP contribution in [-0.2, 0) is 24.2 Å². The molecular formula is C19H25F2N3O4. The summed E-state index contributed by atoms with van der Waals surface area (Å²) in [4.78, 5) is 18.2. The van der Waals surface area contributed by atoms with Crippen molar-refractivity contribution < 1.29 is 27.6 Å². The molecule has 0 aliphatic heterocycles. The van der Waals surface area contributed by atoms with Crippen molar-refractivity contribution in [3.05, 3.63) is 35.5 Å². The molecule has 0 saturated heterocycles. The Bertz CT molecular complexity index is 767. The van der Waals surface area contributed by atoms with E-state index < -0.39 is 6.61 Å². The molecule has 0 aliphatic rings. The number of amides is 1. The molecule has 0 radical (unpaired) electrons. The first-order chi connectivity index (χ1) is 13.4. The van der Waals surface area contributed by atoms with Crippen molar-refractivity contribution in [2.75, 3.05) is 14.2 Å². The van der Waals surface area contributed by atoms with E-state index in [-0.39, 0.29) is 17.4 Å². The highest BCUT2D eigenvalue weighted by Crippen LogP contribution is 2.29. The summed E-state index contributed by atoms with van der Waals surface area (Å²) >= 11 is 0. The number of aromatic nitrogens is 2. The molecular weight excluding hydrogens is 372 g/mol. The van der Waals surface area contributed by atoms with E-state index in [4.69, 9.17) is 9.26 Å². The Labute approximate surface area is 162 Å². The SMILES string of the molecule is CCCc1noc(CCCC(=O)N(C)Cc2ccc(OC(F)F)c(OC)c2)n1. The van der Waals surface area contributed by atoms with Crippen LogP contribution in [0.25, 0.3) is 0 Å². The van der Waals surface area contributed by atoms with Crippen molar-refractivity contribution in [3.8, 4) is 11.5 Å². The molecule has 1 heterocycles. The molecule has 1 aromatic carbocycles. The van der Waals surface area contributed by atoms with Crippen LogP contribution in [0.4, 0.5) is 8.78 Å². The fourth-order valence-corrected chi connectivity index (χ4v) is 2.66. The van der Waals surface area contributed by atoms with E-state index >= 15 is 0 Å². The largest absolute Gasteiger partial charge is 0.493 e. The van der Waals surface area contributed by atoms with Gasteiger partial charge < -0.3 is 18.9 Å². The zero-order valence-corrected chi connectivity index (χ0v) is 16.3. The number of hydrogen-bond donors (Lipinski definition) is 0. The van der Waals surface area contributed by atoms with Crippen molar-refractivity contribution in [1.82, 2.24) is 15.0 Å². The highest BCUT2D eigenvalue weighted by molar-refractivity contribution is 5.75. The van der Waals surface area contributed by atoms with Crippen molar-refractivity contribution in [1.29, 1.82) is 0 Å². The smallest absolute Gasteiger partial charge is 0.387 e. The Kier molecular flexibility index (Phi) is 8.16. The van der Waals surface area contributed by atoms with E-state index in [9.17, 15) is 13.6 Å². The van der Waals surface area contributed by atoms with Gasteiger partial charge in [-0.3, -0.25) is 4.79 Å². The number of aryl methyl sites for hydroxylation is 2. The normalized spacial score (nSPS) is 10.9. The second-order valence-electron chi connectivity index (χ2n) is 6.32. The molecule has 154 valence electrons. The van der Waals surface area contributed by atoms with Crippen molar-refractivity contribution in [2.45, 2.75) is 52.2 Å². The lowest BCUT2D eigenvalue weighted by atomic mass is 10.1. The molecule has 0 spiro atoms. The molecule has 28 heavy (non-hydrogen) atoms. The van der Waals surface area contributed by atoms with Crippen LogP contribution in [-0.4, -0.2) is 41.7 Å². The maximum absolute atomic E-state index is 12.4. The summed E-state index contributed by atoms with van der Waals surface area (Å²) in [6.07, 6.45) is 3.20. The number of halogens is 2. The first-order valence-electron chi connectivity index (χ1n) is 9.10. The van der Waals surface area contributed by atoms with Crippen LogP contribution in [0.2, 0.25) is 0 Å². The van der Waals surface area contributed by atoms with Crippen molar-refractivity contribution in [2.24, 2.45) is 0 Å². The number of carbonyl (C=O) groups excluding carboxylic acids is 1. The lowest BCUT2D eigenvalue weighted by Gasteiger charge is -2.18. The summed E-state index contributed by atoms with van der Waals surface area (Å²) < 4.78 is 39.4. The van der Waals surface area contributed by atoms with Gasteiger partial charge in [-0.1, -0.05) is 18.1 Å². The van der Waals surface area contributed by atoms with Crippen LogP contribution < -0.4 is 9.47 Å². The summed E-state index contributed by atoms with van der Waals surface area (Å²) in [5.41, 5.74) is 0.746. The van der Waals surface area contributed by atoms with Gasteiger partial charge in [0, 0.05) is 32.9 Å². The van der Waals surface area contributed by atoms with Crippen LogP contribution in [0.5, 0.6) is 11.5 Å². The van der Waals surface area contributed by atoms with Crippen LogP contribution in [0, 0.1) is 0 Å². The van der Waals surface area contributed by atoms with Gasteiger partial charge in [0.1, 0.15) is 0 Å². The van der Waals surface area contributed by atoms with Gasteiger partial charge in [0.05, 0.1) is 7.11 Å². The van der Waals surface area contributed by atoms with Gasteiger partial charge in [-0.2, -0.15) is 13.8 Å². The predicted octanol–water partition coefficient (Wildman–Crippen LogP) is 3.61. The van der Waals surface area contributed by atoms with Gasteiger partial charge >= 0.3 is 6.61 Å². The zero-order valence-electron chi connectivity index (χ0n) is 16.3. The fourth-order valence-electron chi connectivity index (χ4n) is 2.66. The van der Waals surface area contributed by atoms with Crippen LogP contribution in [0.15, 0.2) is 22.7 Å². The molecule has 9 heteroatoms. The third-order valence-electron chi connectivity index (χ3n) is 4.05. The minimum absolute atomic E-state index is 0.0415. The monoisotopic (exact) mass is 397 g/mol. The average molecular weight is 397 g/mol. The van der Waals surface area contributed by atoms with Gasteiger partial charge in [-0.05, 0) is 30.5 Å². The molecule has 1 aromatic heterocycles. The molecule has 0 N–H and O–H groups in total. The number of nitrogens with zero attached hydrogens (tertiary/aromatic N) is 3. The predicted molar refractivity (Wildman–Crippen MR) is 97.3 cm³/mol. The third kappa shape index (κ3) is 6.47. The van der Waals surface area contributed by atoms with E-state index in [0.29, 0.717) is 37.5 Å². The first kappa shape index (κ1) is 21.6. The zero-order chi connectivity index (χ0) is 20.5. The molecule has 0 fully saturated rings. The Balaban J connectivity index is 1.84. The van der Waals surface area contributed by atoms with Crippen molar-refractivity contribution >= 4 is 5.91 Å². The van der Waals surface area contributed by atoms with Crippen LogP contribution >= 0.6 is 0 Å².